The molecule has 1 saturated heterocycles. The number of rotatable bonds is 5. The van der Waals surface area contributed by atoms with Gasteiger partial charge in [0.2, 0.25) is 0 Å². The lowest BCUT2D eigenvalue weighted by Crippen LogP contribution is -2.36. The molecule has 1 aromatic carbocycles. The number of halogens is 1. The van der Waals surface area contributed by atoms with Gasteiger partial charge in [0.25, 0.3) is 5.91 Å². The number of carbonyl (C=O) groups excluding carboxylic acids is 1. The molecule has 7 heteroatoms. The summed E-state index contributed by atoms with van der Waals surface area (Å²) < 4.78 is 7.65. The van der Waals surface area contributed by atoms with E-state index in [-0.39, 0.29) is 11.9 Å². The monoisotopic (exact) mass is 407 g/mol. The summed E-state index contributed by atoms with van der Waals surface area (Å²) in [5.74, 6) is 0.615. The maximum absolute atomic E-state index is 13.0. The van der Waals surface area contributed by atoms with Gasteiger partial charge in [-0.25, -0.2) is 0 Å². The van der Waals surface area contributed by atoms with Crippen molar-refractivity contribution in [2.24, 2.45) is 7.05 Å². The van der Waals surface area contributed by atoms with Crippen molar-refractivity contribution in [3.8, 4) is 5.75 Å². The van der Waals surface area contributed by atoms with Crippen molar-refractivity contribution in [1.82, 2.24) is 14.7 Å². The van der Waals surface area contributed by atoms with Crippen LogP contribution < -0.4 is 4.74 Å². The molecule has 1 fully saturated rings. The third-order valence-corrected chi connectivity index (χ3v) is 5.34. The van der Waals surface area contributed by atoms with Gasteiger partial charge in [-0.15, -0.1) is 0 Å². The highest BCUT2D eigenvalue weighted by Crippen LogP contribution is 2.31. The van der Waals surface area contributed by atoms with Crippen molar-refractivity contribution in [3.05, 3.63) is 46.2 Å². The quantitative estimate of drug-likeness (QED) is 0.826. The highest BCUT2D eigenvalue weighted by molar-refractivity contribution is 9.10. The zero-order valence-electron chi connectivity index (χ0n) is 14.4. The zero-order valence-corrected chi connectivity index (χ0v) is 15.9. The first-order valence-corrected chi connectivity index (χ1v) is 9.10. The number of aryl methyl sites for hydroxylation is 1. The number of ether oxygens (including phenoxy) is 1. The Labute approximate surface area is 155 Å². The van der Waals surface area contributed by atoms with E-state index in [0.717, 1.165) is 22.9 Å². The molecule has 1 aliphatic rings. The third-order valence-electron chi connectivity index (χ3n) is 4.65. The molecule has 1 aliphatic heterocycles. The Kier molecular flexibility index (Phi) is 5.44. The minimum atomic E-state index is -0.624. The second-order valence-electron chi connectivity index (χ2n) is 6.34. The molecule has 2 atom stereocenters. The second-order valence-corrected chi connectivity index (χ2v) is 7.19. The first kappa shape index (κ1) is 17.9. The van der Waals surface area contributed by atoms with Crippen LogP contribution in [-0.2, 0) is 7.05 Å². The average molecular weight is 408 g/mol. The molecule has 1 amide bonds. The van der Waals surface area contributed by atoms with Crippen molar-refractivity contribution in [1.29, 1.82) is 0 Å². The van der Waals surface area contributed by atoms with E-state index in [2.05, 4.69) is 21.0 Å². The van der Waals surface area contributed by atoms with Crippen LogP contribution in [0.1, 0.15) is 41.3 Å². The number of aliphatic hydroxyl groups is 1. The SMILES string of the molecule is COc1ccc(Br)c(C(=O)N2CCC[C@@H]2C[C@H](O)c2cnn(C)c2)c1. The van der Waals surface area contributed by atoms with Gasteiger partial charge in [-0.2, -0.15) is 5.10 Å². The molecule has 2 heterocycles. The van der Waals surface area contributed by atoms with Gasteiger partial charge < -0.3 is 14.7 Å². The lowest BCUT2D eigenvalue weighted by Gasteiger charge is -2.27. The molecule has 25 heavy (non-hydrogen) atoms. The largest absolute Gasteiger partial charge is 0.497 e. The zero-order chi connectivity index (χ0) is 18.0. The van der Waals surface area contributed by atoms with Crippen LogP contribution >= 0.6 is 15.9 Å². The number of methoxy groups -OCH3 is 1. The van der Waals surface area contributed by atoms with Crippen molar-refractivity contribution in [2.75, 3.05) is 13.7 Å². The predicted octanol–water partition coefficient (Wildman–Crippen LogP) is 2.92. The maximum atomic E-state index is 13.0. The molecule has 0 saturated carbocycles. The van der Waals surface area contributed by atoms with E-state index < -0.39 is 6.10 Å². The van der Waals surface area contributed by atoms with E-state index in [9.17, 15) is 9.90 Å². The van der Waals surface area contributed by atoms with Crippen LogP contribution in [0, 0.1) is 0 Å². The Morgan fingerprint density at radius 2 is 2.32 bits per heavy atom. The number of hydrogen-bond acceptors (Lipinski definition) is 4. The number of nitrogens with zero attached hydrogens (tertiary/aromatic N) is 3. The van der Waals surface area contributed by atoms with Crippen LogP contribution in [0.25, 0.3) is 0 Å². The normalized spacial score (nSPS) is 18.4. The van der Waals surface area contributed by atoms with E-state index in [0.29, 0.717) is 24.3 Å². The summed E-state index contributed by atoms with van der Waals surface area (Å²) in [5, 5.41) is 14.6. The van der Waals surface area contributed by atoms with E-state index >= 15 is 0 Å². The number of hydrogen-bond donors (Lipinski definition) is 1. The van der Waals surface area contributed by atoms with Gasteiger partial charge in [0.05, 0.1) is 25.0 Å². The summed E-state index contributed by atoms with van der Waals surface area (Å²) in [6.45, 7) is 0.701. The Morgan fingerprint density at radius 3 is 3.00 bits per heavy atom. The molecule has 0 aliphatic carbocycles. The predicted molar refractivity (Wildman–Crippen MR) is 97.5 cm³/mol. The van der Waals surface area contributed by atoms with E-state index in [1.165, 1.54) is 0 Å². The van der Waals surface area contributed by atoms with E-state index in [1.807, 2.05) is 30.3 Å². The second kappa shape index (κ2) is 7.58. The first-order valence-electron chi connectivity index (χ1n) is 8.30. The number of aromatic nitrogens is 2. The van der Waals surface area contributed by atoms with Crippen LogP contribution in [0.2, 0.25) is 0 Å². The molecule has 2 aromatic rings. The van der Waals surface area contributed by atoms with Gasteiger partial charge >= 0.3 is 0 Å². The Hall–Kier alpha value is -1.86. The number of aliphatic hydroxyl groups excluding tert-OH is 1. The average Bonchev–Trinajstić information content (AvgIpc) is 3.23. The van der Waals surface area contributed by atoms with Gasteiger partial charge in [0.15, 0.2) is 0 Å². The summed E-state index contributed by atoms with van der Waals surface area (Å²) >= 11 is 3.45. The standard InChI is InChI=1S/C18H22BrN3O3/c1-21-11-12(10-20-21)17(23)8-13-4-3-7-22(13)18(24)15-9-14(25-2)5-6-16(15)19/h5-6,9-11,13,17,23H,3-4,7-8H2,1-2H3/t13-,17+/m1/s1. The summed E-state index contributed by atoms with van der Waals surface area (Å²) in [5.41, 5.74) is 1.37. The fraction of sp³-hybridized carbons (Fsp3) is 0.444. The van der Waals surface area contributed by atoms with Gasteiger partial charge in [-0.3, -0.25) is 9.48 Å². The molecule has 134 valence electrons. The fourth-order valence-electron chi connectivity index (χ4n) is 3.30. The number of benzene rings is 1. The van der Waals surface area contributed by atoms with Crippen molar-refractivity contribution in [3.63, 3.8) is 0 Å². The van der Waals surface area contributed by atoms with Crippen LogP contribution in [0.4, 0.5) is 0 Å². The molecule has 0 bridgehead atoms. The topological polar surface area (TPSA) is 67.6 Å². The highest BCUT2D eigenvalue weighted by atomic mass is 79.9. The van der Waals surface area contributed by atoms with E-state index in [1.54, 1.807) is 24.1 Å². The summed E-state index contributed by atoms with van der Waals surface area (Å²) in [7, 11) is 3.41. The maximum Gasteiger partial charge on any atom is 0.255 e. The van der Waals surface area contributed by atoms with Gasteiger partial charge in [0.1, 0.15) is 5.75 Å². The van der Waals surface area contributed by atoms with Crippen molar-refractivity contribution >= 4 is 21.8 Å². The van der Waals surface area contributed by atoms with Crippen LogP contribution in [0.5, 0.6) is 5.75 Å². The van der Waals surface area contributed by atoms with Gasteiger partial charge in [0, 0.05) is 35.9 Å². The highest BCUT2D eigenvalue weighted by Gasteiger charge is 2.32. The number of likely N-dealkylation sites (tertiary alicyclic amines) is 1. The van der Waals surface area contributed by atoms with Gasteiger partial charge in [-0.1, -0.05) is 0 Å². The molecule has 0 radical (unpaired) electrons. The minimum Gasteiger partial charge on any atom is -0.497 e. The Morgan fingerprint density at radius 1 is 1.52 bits per heavy atom. The lowest BCUT2D eigenvalue weighted by molar-refractivity contribution is 0.0665. The summed E-state index contributed by atoms with van der Waals surface area (Å²) in [6, 6.07) is 5.40. The molecule has 1 aromatic heterocycles. The van der Waals surface area contributed by atoms with Gasteiger partial charge in [-0.05, 0) is 53.4 Å². The van der Waals surface area contributed by atoms with Crippen LogP contribution in [0.15, 0.2) is 35.1 Å². The third kappa shape index (κ3) is 3.88. The molecule has 0 spiro atoms. The Bertz CT molecular complexity index is 762. The van der Waals surface area contributed by atoms with Crippen LogP contribution in [0.3, 0.4) is 0 Å². The van der Waals surface area contributed by atoms with Crippen LogP contribution in [-0.4, -0.2) is 45.4 Å². The molecule has 6 nitrogen and oxygen atoms in total. The summed E-state index contributed by atoms with van der Waals surface area (Å²) in [4.78, 5) is 14.9. The number of amides is 1. The van der Waals surface area contributed by atoms with E-state index in [4.69, 9.17) is 4.74 Å². The van der Waals surface area contributed by atoms with Crippen molar-refractivity contribution in [2.45, 2.75) is 31.4 Å². The molecular weight excluding hydrogens is 386 g/mol. The molecule has 0 unspecified atom stereocenters. The molecular formula is C18H22BrN3O3. The molecule has 1 N–H and O–H groups in total. The fourth-order valence-corrected chi connectivity index (χ4v) is 3.72. The lowest BCUT2D eigenvalue weighted by atomic mass is 10.0. The van der Waals surface area contributed by atoms with Crippen molar-refractivity contribution < 1.29 is 14.6 Å². The summed E-state index contributed by atoms with van der Waals surface area (Å²) in [6.07, 6.45) is 5.21. The smallest absolute Gasteiger partial charge is 0.255 e. The minimum absolute atomic E-state index is 0.0146. The number of carbonyl (C=O) groups is 1. The first-order chi connectivity index (χ1) is 12.0. The molecule has 3 rings (SSSR count). The Balaban J connectivity index is 1.76.